The van der Waals surface area contributed by atoms with Crippen molar-refractivity contribution in [1.29, 1.82) is 0 Å². The molecule has 1 aliphatic carbocycles. The Labute approximate surface area is 102 Å². The number of nitrogens with two attached hydrogens (primary N) is 1. The van der Waals surface area contributed by atoms with Gasteiger partial charge >= 0.3 is 0 Å². The highest BCUT2D eigenvalue weighted by molar-refractivity contribution is 5.79. The molecule has 3 nitrogen and oxygen atoms in total. The molecule has 1 aliphatic rings. The van der Waals surface area contributed by atoms with Crippen molar-refractivity contribution < 1.29 is 4.79 Å². The average molecular weight is 232 g/mol. The standard InChI is InChI=1S/C14H20N2O/c1-10(7-11-5-6-11)16-14(17)9-12-3-2-4-13(15)8-12/h2-4,8,10-11H,5-7,9,15H2,1H3,(H,16,17). The molecule has 0 bridgehead atoms. The van der Waals surface area contributed by atoms with Gasteiger partial charge < -0.3 is 11.1 Å². The number of carbonyl (C=O) groups excluding carboxylic acids is 1. The van der Waals surface area contributed by atoms with Crippen LogP contribution in [0.4, 0.5) is 5.69 Å². The predicted octanol–water partition coefficient (Wildman–Crippen LogP) is 2.12. The van der Waals surface area contributed by atoms with Crippen LogP contribution >= 0.6 is 0 Å². The summed E-state index contributed by atoms with van der Waals surface area (Å²) in [4.78, 5) is 11.8. The highest BCUT2D eigenvalue weighted by Crippen LogP contribution is 2.33. The van der Waals surface area contributed by atoms with Crippen LogP contribution in [-0.4, -0.2) is 11.9 Å². The lowest BCUT2D eigenvalue weighted by atomic mass is 10.1. The molecule has 0 heterocycles. The number of nitrogens with one attached hydrogen (secondary N) is 1. The molecular formula is C14H20N2O. The zero-order valence-electron chi connectivity index (χ0n) is 10.3. The molecule has 1 unspecified atom stereocenters. The fourth-order valence-electron chi connectivity index (χ4n) is 2.13. The molecule has 2 rings (SSSR count). The van der Waals surface area contributed by atoms with Gasteiger partial charge in [-0.3, -0.25) is 4.79 Å². The molecule has 1 amide bonds. The smallest absolute Gasteiger partial charge is 0.224 e. The lowest BCUT2D eigenvalue weighted by Crippen LogP contribution is -2.34. The van der Waals surface area contributed by atoms with E-state index in [0.717, 1.165) is 17.9 Å². The van der Waals surface area contributed by atoms with E-state index in [2.05, 4.69) is 12.2 Å². The Hall–Kier alpha value is -1.51. The molecule has 1 fully saturated rings. The fraction of sp³-hybridized carbons (Fsp3) is 0.500. The minimum Gasteiger partial charge on any atom is -0.399 e. The van der Waals surface area contributed by atoms with E-state index in [1.807, 2.05) is 24.3 Å². The Morgan fingerprint density at radius 1 is 1.53 bits per heavy atom. The van der Waals surface area contributed by atoms with Crippen LogP contribution in [0.5, 0.6) is 0 Å². The van der Waals surface area contributed by atoms with Crippen LogP contribution in [-0.2, 0) is 11.2 Å². The highest BCUT2D eigenvalue weighted by Gasteiger charge is 2.24. The Morgan fingerprint density at radius 2 is 2.29 bits per heavy atom. The zero-order valence-corrected chi connectivity index (χ0v) is 10.3. The summed E-state index contributed by atoms with van der Waals surface area (Å²) < 4.78 is 0. The van der Waals surface area contributed by atoms with E-state index >= 15 is 0 Å². The summed E-state index contributed by atoms with van der Waals surface area (Å²) in [6.07, 6.45) is 4.19. The van der Waals surface area contributed by atoms with Crippen LogP contribution in [0.15, 0.2) is 24.3 Å². The van der Waals surface area contributed by atoms with Crippen molar-refractivity contribution >= 4 is 11.6 Å². The molecule has 1 aromatic rings. The van der Waals surface area contributed by atoms with Gasteiger partial charge in [-0.1, -0.05) is 25.0 Å². The van der Waals surface area contributed by atoms with Crippen molar-refractivity contribution in [3.8, 4) is 0 Å². The summed E-state index contributed by atoms with van der Waals surface area (Å²) in [6.45, 7) is 2.08. The second-order valence-electron chi connectivity index (χ2n) is 5.07. The van der Waals surface area contributed by atoms with Gasteiger partial charge in [-0.25, -0.2) is 0 Å². The SMILES string of the molecule is CC(CC1CC1)NC(=O)Cc1cccc(N)c1. The van der Waals surface area contributed by atoms with Gasteiger partial charge in [-0.15, -0.1) is 0 Å². The third-order valence-electron chi connectivity index (χ3n) is 3.11. The molecule has 17 heavy (non-hydrogen) atoms. The first kappa shape index (κ1) is 12.0. The van der Waals surface area contributed by atoms with Crippen molar-refractivity contribution in [3.05, 3.63) is 29.8 Å². The number of anilines is 1. The van der Waals surface area contributed by atoms with Gasteiger partial charge in [-0.05, 0) is 37.0 Å². The van der Waals surface area contributed by atoms with Crippen LogP contribution < -0.4 is 11.1 Å². The van der Waals surface area contributed by atoms with Gasteiger partial charge in [0, 0.05) is 11.7 Å². The Balaban J connectivity index is 1.79. The number of hydrogen-bond acceptors (Lipinski definition) is 2. The molecule has 0 radical (unpaired) electrons. The maximum Gasteiger partial charge on any atom is 0.224 e. The lowest BCUT2D eigenvalue weighted by molar-refractivity contribution is -0.121. The van der Waals surface area contributed by atoms with Crippen LogP contribution in [0.2, 0.25) is 0 Å². The van der Waals surface area contributed by atoms with E-state index < -0.39 is 0 Å². The maximum absolute atomic E-state index is 11.8. The average Bonchev–Trinajstić information content (AvgIpc) is 3.00. The zero-order chi connectivity index (χ0) is 12.3. The second kappa shape index (κ2) is 5.21. The van der Waals surface area contributed by atoms with E-state index in [1.54, 1.807) is 0 Å². The van der Waals surface area contributed by atoms with Crippen LogP contribution in [0.1, 0.15) is 31.7 Å². The highest BCUT2D eigenvalue weighted by atomic mass is 16.1. The van der Waals surface area contributed by atoms with Gasteiger partial charge in [0.15, 0.2) is 0 Å². The van der Waals surface area contributed by atoms with Gasteiger partial charge in [0.1, 0.15) is 0 Å². The van der Waals surface area contributed by atoms with Gasteiger partial charge in [0.25, 0.3) is 0 Å². The first-order valence-electron chi connectivity index (χ1n) is 6.27. The summed E-state index contributed by atoms with van der Waals surface area (Å²) >= 11 is 0. The first-order valence-corrected chi connectivity index (χ1v) is 6.27. The third-order valence-corrected chi connectivity index (χ3v) is 3.11. The van der Waals surface area contributed by atoms with Crippen LogP contribution in [0.3, 0.4) is 0 Å². The predicted molar refractivity (Wildman–Crippen MR) is 69.5 cm³/mol. The van der Waals surface area contributed by atoms with Crippen molar-refractivity contribution in [1.82, 2.24) is 5.32 Å². The monoisotopic (exact) mass is 232 g/mol. The first-order chi connectivity index (χ1) is 8.13. The molecule has 0 saturated heterocycles. The van der Waals surface area contributed by atoms with Crippen LogP contribution in [0, 0.1) is 5.92 Å². The van der Waals surface area contributed by atoms with E-state index in [9.17, 15) is 4.79 Å². The number of carbonyl (C=O) groups is 1. The molecule has 1 aromatic carbocycles. The fourth-order valence-corrected chi connectivity index (χ4v) is 2.13. The van der Waals surface area contributed by atoms with E-state index in [1.165, 1.54) is 12.8 Å². The number of benzene rings is 1. The molecule has 1 atom stereocenters. The quantitative estimate of drug-likeness (QED) is 0.764. The Bertz CT molecular complexity index is 399. The summed E-state index contributed by atoms with van der Waals surface area (Å²) in [6, 6.07) is 7.78. The minimum absolute atomic E-state index is 0.0868. The Kier molecular flexibility index (Phi) is 3.67. The summed E-state index contributed by atoms with van der Waals surface area (Å²) in [5.74, 6) is 0.932. The van der Waals surface area contributed by atoms with Crippen LogP contribution in [0.25, 0.3) is 0 Å². The number of rotatable bonds is 5. The number of hydrogen-bond donors (Lipinski definition) is 2. The van der Waals surface area contributed by atoms with Crippen molar-refractivity contribution in [2.24, 2.45) is 5.92 Å². The minimum atomic E-state index is 0.0868. The van der Waals surface area contributed by atoms with Crippen molar-refractivity contribution in [3.63, 3.8) is 0 Å². The molecule has 0 spiro atoms. The van der Waals surface area contributed by atoms with Crippen molar-refractivity contribution in [2.75, 3.05) is 5.73 Å². The maximum atomic E-state index is 11.8. The van der Waals surface area contributed by atoms with Gasteiger partial charge in [-0.2, -0.15) is 0 Å². The molecule has 1 saturated carbocycles. The van der Waals surface area contributed by atoms with Gasteiger partial charge in [0.2, 0.25) is 5.91 Å². The molecule has 92 valence electrons. The number of amides is 1. The number of nitrogen functional groups attached to an aromatic ring is 1. The lowest BCUT2D eigenvalue weighted by Gasteiger charge is -2.13. The third kappa shape index (κ3) is 4.10. The van der Waals surface area contributed by atoms with Crippen molar-refractivity contribution in [2.45, 2.75) is 38.6 Å². The molecule has 3 N–H and O–H groups in total. The molecular weight excluding hydrogens is 212 g/mol. The van der Waals surface area contributed by atoms with E-state index in [4.69, 9.17) is 5.73 Å². The Morgan fingerprint density at radius 3 is 2.94 bits per heavy atom. The topological polar surface area (TPSA) is 55.1 Å². The van der Waals surface area contributed by atoms with E-state index in [-0.39, 0.29) is 11.9 Å². The molecule has 0 aliphatic heterocycles. The second-order valence-corrected chi connectivity index (χ2v) is 5.07. The summed E-state index contributed by atoms with van der Waals surface area (Å²) in [5, 5.41) is 3.04. The normalized spacial score (nSPS) is 16.5. The van der Waals surface area contributed by atoms with E-state index in [0.29, 0.717) is 12.1 Å². The molecule has 0 aromatic heterocycles. The molecule has 3 heteroatoms. The van der Waals surface area contributed by atoms with Gasteiger partial charge in [0.05, 0.1) is 6.42 Å². The summed E-state index contributed by atoms with van der Waals surface area (Å²) in [7, 11) is 0. The largest absolute Gasteiger partial charge is 0.399 e. The summed E-state index contributed by atoms with van der Waals surface area (Å²) in [5.41, 5.74) is 7.36.